The van der Waals surface area contributed by atoms with Crippen LogP contribution >= 0.6 is 15.9 Å². The molecule has 3 heteroatoms. The van der Waals surface area contributed by atoms with Crippen LogP contribution in [0.3, 0.4) is 0 Å². The van der Waals surface area contributed by atoms with E-state index in [9.17, 15) is 4.79 Å². The minimum Gasteiger partial charge on any atom is -0.326 e. The quantitative estimate of drug-likeness (QED) is 0.761. The van der Waals surface area contributed by atoms with Gasteiger partial charge in [-0.25, -0.2) is 0 Å². The summed E-state index contributed by atoms with van der Waals surface area (Å²) in [6.07, 6.45) is 2.43. The predicted octanol–water partition coefficient (Wildman–Crippen LogP) is 2.01. The van der Waals surface area contributed by atoms with Gasteiger partial charge in [0.1, 0.15) is 0 Å². The minimum absolute atomic E-state index is 0.0127. The Bertz CT molecular complexity index is 327. The van der Waals surface area contributed by atoms with E-state index >= 15 is 0 Å². The highest BCUT2D eigenvalue weighted by atomic mass is 79.9. The summed E-state index contributed by atoms with van der Waals surface area (Å²) < 4.78 is 0.878. The zero-order valence-corrected chi connectivity index (χ0v) is 7.52. The van der Waals surface area contributed by atoms with Crippen molar-refractivity contribution in [2.45, 2.75) is 18.8 Å². The van der Waals surface area contributed by atoms with E-state index in [4.69, 9.17) is 0 Å². The number of rotatable bonds is 1. The molecule has 0 unspecified atom stereocenters. The molecule has 1 fully saturated rings. The molecule has 1 N–H and O–H groups in total. The van der Waals surface area contributed by atoms with E-state index in [1.807, 2.05) is 6.07 Å². The van der Waals surface area contributed by atoms with Gasteiger partial charge >= 0.3 is 0 Å². The Kier molecular flexibility index (Phi) is 1.60. The zero-order chi connectivity index (χ0) is 7.84. The van der Waals surface area contributed by atoms with Gasteiger partial charge in [-0.15, -0.1) is 0 Å². The molecule has 2 nitrogen and oxygen atoms in total. The first-order valence-corrected chi connectivity index (χ1v) is 4.45. The lowest BCUT2D eigenvalue weighted by Crippen LogP contribution is -2.06. The number of hydrogen-bond donors (Lipinski definition) is 1. The lowest BCUT2D eigenvalue weighted by atomic mass is 10.2. The second-order valence-corrected chi connectivity index (χ2v) is 3.81. The van der Waals surface area contributed by atoms with Gasteiger partial charge in [0.2, 0.25) is 5.56 Å². The molecule has 58 valence electrons. The third kappa shape index (κ3) is 1.53. The van der Waals surface area contributed by atoms with Gasteiger partial charge in [0, 0.05) is 16.2 Å². The molecule has 0 aliphatic heterocycles. The van der Waals surface area contributed by atoms with Crippen molar-refractivity contribution in [2.75, 3.05) is 0 Å². The summed E-state index contributed by atoms with van der Waals surface area (Å²) in [4.78, 5) is 13.8. The number of H-pyrrole nitrogens is 1. The number of hydrogen-bond acceptors (Lipinski definition) is 1. The van der Waals surface area contributed by atoms with Crippen molar-refractivity contribution in [3.8, 4) is 0 Å². The number of aromatic amines is 1. The molecule has 1 saturated carbocycles. The summed E-state index contributed by atoms with van der Waals surface area (Å²) in [6.45, 7) is 0. The molecule has 0 aromatic carbocycles. The Labute approximate surface area is 72.8 Å². The topological polar surface area (TPSA) is 32.9 Å². The van der Waals surface area contributed by atoms with Crippen molar-refractivity contribution in [1.82, 2.24) is 4.98 Å². The summed E-state index contributed by atoms with van der Waals surface area (Å²) in [5.41, 5.74) is 1.06. The predicted molar refractivity (Wildman–Crippen MR) is 46.7 cm³/mol. The maximum absolute atomic E-state index is 11.0. The molecule has 1 aromatic heterocycles. The fourth-order valence-electron chi connectivity index (χ4n) is 1.14. The zero-order valence-electron chi connectivity index (χ0n) is 5.93. The Morgan fingerprint density at radius 1 is 1.45 bits per heavy atom. The number of pyridine rings is 1. The summed E-state index contributed by atoms with van der Waals surface area (Å²) in [7, 11) is 0. The number of nitrogens with one attached hydrogen (secondary N) is 1. The molecule has 0 radical (unpaired) electrons. The van der Waals surface area contributed by atoms with Gasteiger partial charge in [-0.3, -0.25) is 4.79 Å². The highest BCUT2D eigenvalue weighted by Crippen LogP contribution is 2.38. The SMILES string of the molecule is O=c1cc(Br)cc(C2CC2)[nH]1. The third-order valence-corrected chi connectivity index (χ3v) is 2.30. The molecule has 11 heavy (non-hydrogen) atoms. The molecule has 1 heterocycles. The van der Waals surface area contributed by atoms with Crippen molar-refractivity contribution < 1.29 is 0 Å². The largest absolute Gasteiger partial charge is 0.326 e. The smallest absolute Gasteiger partial charge is 0.249 e. The van der Waals surface area contributed by atoms with Crippen LogP contribution in [0.25, 0.3) is 0 Å². The van der Waals surface area contributed by atoms with Crippen molar-refractivity contribution in [3.63, 3.8) is 0 Å². The van der Waals surface area contributed by atoms with Crippen molar-refractivity contribution >= 4 is 15.9 Å². The molecule has 0 saturated heterocycles. The Morgan fingerprint density at radius 3 is 2.73 bits per heavy atom. The Morgan fingerprint density at radius 2 is 2.18 bits per heavy atom. The van der Waals surface area contributed by atoms with Crippen molar-refractivity contribution in [3.05, 3.63) is 32.7 Å². The molecule has 0 amide bonds. The van der Waals surface area contributed by atoms with Crippen LogP contribution in [0.5, 0.6) is 0 Å². The molecule has 0 spiro atoms. The van der Waals surface area contributed by atoms with E-state index in [2.05, 4.69) is 20.9 Å². The van der Waals surface area contributed by atoms with Crippen molar-refractivity contribution in [2.24, 2.45) is 0 Å². The van der Waals surface area contributed by atoms with Crippen LogP contribution in [-0.4, -0.2) is 4.98 Å². The van der Waals surface area contributed by atoms with Crippen LogP contribution in [0.2, 0.25) is 0 Å². The summed E-state index contributed by atoms with van der Waals surface area (Å²) in [5.74, 6) is 0.611. The normalized spacial score (nSPS) is 16.8. The molecular formula is C8H8BrNO. The maximum Gasteiger partial charge on any atom is 0.249 e. The van der Waals surface area contributed by atoms with Crippen LogP contribution < -0.4 is 5.56 Å². The van der Waals surface area contributed by atoms with Crippen molar-refractivity contribution in [1.29, 1.82) is 0 Å². The number of halogens is 1. The minimum atomic E-state index is -0.0127. The highest BCUT2D eigenvalue weighted by Gasteiger charge is 2.24. The molecule has 0 atom stereocenters. The maximum atomic E-state index is 11.0. The molecular weight excluding hydrogens is 206 g/mol. The molecule has 1 aliphatic rings. The van der Waals surface area contributed by atoms with E-state index in [0.29, 0.717) is 5.92 Å². The lowest BCUT2D eigenvalue weighted by molar-refractivity contribution is 0.995. The van der Waals surface area contributed by atoms with Gasteiger partial charge in [-0.05, 0) is 24.8 Å². The van der Waals surface area contributed by atoms with Gasteiger partial charge in [0.05, 0.1) is 0 Å². The van der Waals surface area contributed by atoms with Crippen LogP contribution in [0, 0.1) is 0 Å². The van der Waals surface area contributed by atoms with Gasteiger partial charge < -0.3 is 4.98 Å². The van der Waals surface area contributed by atoms with E-state index < -0.39 is 0 Å². The average Bonchev–Trinajstić information content (AvgIpc) is 2.64. The van der Waals surface area contributed by atoms with Crippen LogP contribution in [0.4, 0.5) is 0 Å². The van der Waals surface area contributed by atoms with Gasteiger partial charge in [-0.1, -0.05) is 15.9 Å². The fourth-order valence-corrected chi connectivity index (χ4v) is 1.60. The second kappa shape index (κ2) is 2.48. The Hall–Kier alpha value is -0.570. The lowest BCUT2D eigenvalue weighted by Gasteiger charge is -1.96. The summed E-state index contributed by atoms with van der Waals surface area (Å²) in [5, 5.41) is 0. The molecule has 2 rings (SSSR count). The van der Waals surface area contributed by atoms with Crippen LogP contribution in [0.1, 0.15) is 24.5 Å². The monoisotopic (exact) mass is 213 g/mol. The third-order valence-electron chi connectivity index (χ3n) is 1.85. The molecule has 0 bridgehead atoms. The first-order valence-electron chi connectivity index (χ1n) is 3.65. The second-order valence-electron chi connectivity index (χ2n) is 2.89. The summed E-state index contributed by atoms with van der Waals surface area (Å²) >= 11 is 3.29. The number of aromatic nitrogens is 1. The van der Waals surface area contributed by atoms with E-state index in [0.717, 1.165) is 10.2 Å². The van der Waals surface area contributed by atoms with Gasteiger partial charge in [-0.2, -0.15) is 0 Å². The average molecular weight is 214 g/mol. The van der Waals surface area contributed by atoms with Gasteiger partial charge in [0.15, 0.2) is 0 Å². The van der Waals surface area contributed by atoms with E-state index in [-0.39, 0.29) is 5.56 Å². The first-order chi connectivity index (χ1) is 5.25. The van der Waals surface area contributed by atoms with E-state index in [1.54, 1.807) is 6.07 Å². The summed E-state index contributed by atoms with van der Waals surface area (Å²) in [6, 6.07) is 3.53. The molecule has 1 aliphatic carbocycles. The van der Waals surface area contributed by atoms with Crippen LogP contribution in [0.15, 0.2) is 21.4 Å². The Balaban J connectivity index is 2.47. The highest BCUT2D eigenvalue weighted by molar-refractivity contribution is 9.10. The first kappa shape index (κ1) is 7.10. The standard InChI is InChI=1S/C8H8BrNO/c9-6-3-7(5-1-2-5)10-8(11)4-6/h3-5H,1-2H2,(H,10,11). The molecule has 1 aromatic rings. The van der Waals surface area contributed by atoms with Gasteiger partial charge in [0.25, 0.3) is 0 Å². The van der Waals surface area contributed by atoms with Crippen LogP contribution in [-0.2, 0) is 0 Å². The fraction of sp³-hybridized carbons (Fsp3) is 0.375. The van der Waals surface area contributed by atoms with E-state index in [1.165, 1.54) is 12.8 Å².